The molecule has 0 aromatic heterocycles. The van der Waals surface area contributed by atoms with Crippen molar-refractivity contribution in [1.29, 1.82) is 0 Å². The van der Waals surface area contributed by atoms with E-state index in [-0.39, 0.29) is 29.3 Å². The van der Waals surface area contributed by atoms with Crippen LogP contribution in [0, 0.1) is 23.2 Å². The quantitative estimate of drug-likeness (QED) is 0.566. The van der Waals surface area contributed by atoms with Gasteiger partial charge in [0.05, 0.1) is 12.0 Å². The van der Waals surface area contributed by atoms with Gasteiger partial charge in [0.25, 0.3) is 0 Å². The summed E-state index contributed by atoms with van der Waals surface area (Å²) in [5.41, 5.74) is 1.12. The Morgan fingerprint density at radius 2 is 1.87 bits per heavy atom. The van der Waals surface area contributed by atoms with Crippen LogP contribution in [0.25, 0.3) is 0 Å². The van der Waals surface area contributed by atoms with Gasteiger partial charge in [-0.15, -0.1) is 0 Å². The lowest BCUT2D eigenvalue weighted by atomic mass is 9.55. The first-order chi connectivity index (χ1) is 14.5. The number of allylic oxidation sites excluding steroid dienone is 1. The lowest BCUT2D eigenvalue weighted by Crippen LogP contribution is -2.56. The first-order valence-electron chi connectivity index (χ1n) is 12.5. The second-order valence-electron chi connectivity index (χ2n) is 10.9. The van der Waals surface area contributed by atoms with Crippen LogP contribution in [0.5, 0.6) is 0 Å². The summed E-state index contributed by atoms with van der Waals surface area (Å²) in [5.74, 6) is 0.133. The summed E-state index contributed by atoms with van der Waals surface area (Å²) < 4.78 is 5.86. The highest BCUT2D eigenvalue weighted by atomic mass is 16.6. The number of carbonyl (C=O) groups excluding carboxylic acids is 1. The largest absolute Gasteiger partial charge is 0.461 e. The third-order valence-electron chi connectivity index (χ3n) is 9.52. The van der Waals surface area contributed by atoms with Crippen molar-refractivity contribution in [3.05, 3.63) is 11.6 Å². The van der Waals surface area contributed by atoms with Crippen LogP contribution in [-0.2, 0) is 9.53 Å². The van der Waals surface area contributed by atoms with E-state index >= 15 is 0 Å². The third-order valence-corrected chi connectivity index (χ3v) is 9.52. The van der Waals surface area contributed by atoms with Crippen molar-refractivity contribution in [3.8, 4) is 0 Å². The van der Waals surface area contributed by atoms with Crippen molar-refractivity contribution in [2.45, 2.75) is 83.5 Å². The second kappa shape index (κ2) is 8.22. The van der Waals surface area contributed by atoms with Crippen LogP contribution < -0.4 is 0 Å². The van der Waals surface area contributed by atoms with Gasteiger partial charge in [0.1, 0.15) is 6.10 Å². The number of aliphatic hydroxyl groups is 1. The zero-order chi connectivity index (χ0) is 20.9. The molecule has 2 saturated carbocycles. The molecule has 4 fully saturated rings. The van der Waals surface area contributed by atoms with Crippen molar-refractivity contribution in [2.75, 3.05) is 32.7 Å². The topological polar surface area (TPSA) is 53.0 Å². The average molecular weight is 417 g/mol. The molecule has 3 aliphatic carbocycles. The Balaban J connectivity index is 1.25. The number of esters is 1. The number of hydrogen-bond donors (Lipinski definition) is 1. The molecule has 30 heavy (non-hydrogen) atoms. The van der Waals surface area contributed by atoms with E-state index in [1.54, 1.807) is 0 Å². The van der Waals surface area contributed by atoms with Crippen molar-refractivity contribution >= 4 is 5.97 Å². The van der Waals surface area contributed by atoms with Gasteiger partial charge in [0, 0.05) is 56.5 Å². The van der Waals surface area contributed by atoms with Crippen molar-refractivity contribution in [3.63, 3.8) is 0 Å². The predicted octanol–water partition coefficient (Wildman–Crippen LogP) is 3.22. The van der Waals surface area contributed by atoms with Crippen LogP contribution in [0.1, 0.15) is 65.2 Å². The summed E-state index contributed by atoms with van der Waals surface area (Å²) in [5, 5.41) is 11.5. The van der Waals surface area contributed by atoms with Gasteiger partial charge in [-0.3, -0.25) is 14.6 Å². The van der Waals surface area contributed by atoms with Crippen LogP contribution >= 0.6 is 0 Å². The molecule has 3 unspecified atom stereocenters. The average Bonchev–Trinajstić information content (AvgIpc) is 3.07. The third kappa shape index (κ3) is 3.45. The number of piperazine rings is 1. The molecule has 6 atom stereocenters. The van der Waals surface area contributed by atoms with Gasteiger partial charge in [-0.2, -0.15) is 0 Å². The Labute approximate surface area is 181 Å². The molecule has 0 aromatic carbocycles. The van der Waals surface area contributed by atoms with E-state index in [0.717, 1.165) is 58.0 Å². The van der Waals surface area contributed by atoms with Crippen LogP contribution in [0.4, 0.5) is 0 Å². The molecule has 1 N–H and O–H groups in total. The summed E-state index contributed by atoms with van der Waals surface area (Å²) in [6, 6.07) is 0.778. The van der Waals surface area contributed by atoms with Gasteiger partial charge in [0.15, 0.2) is 0 Å². The smallest absolute Gasteiger partial charge is 0.311 e. The number of fused-ring (bicyclic) bond motifs is 2. The van der Waals surface area contributed by atoms with Gasteiger partial charge in [-0.1, -0.05) is 44.8 Å². The Morgan fingerprint density at radius 1 is 1.13 bits per heavy atom. The first kappa shape index (κ1) is 21.0. The van der Waals surface area contributed by atoms with E-state index in [4.69, 9.17) is 4.74 Å². The molecule has 0 radical (unpaired) electrons. The van der Waals surface area contributed by atoms with Crippen LogP contribution in [0.3, 0.4) is 0 Å². The lowest BCUT2D eigenvalue weighted by Gasteiger charge is -2.52. The van der Waals surface area contributed by atoms with E-state index in [1.165, 1.54) is 37.7 Å². The molecule has 2 heterocycles. The summed E-state index contributed by atoms with van der Waals surface area (Å²) in [6.07, 6.45) is 11.6. The Hall–Kier alpha value is -0.910. The minimum absolute atomic E-state index is 0.0587. The maximum Gasteiger partial charge on any atom is 0.311 e. The summed E-state index contributed by atoms with van der Waals surface area (Å²) in [4.78, 5) is 18.0. The molecule has 2 saturated heterocycles. The van der Waals surface area contributed by atoms with Gasteiger partial charge in [0.2, 0.25) is 0 Å². The van der Waals surface area contributed by atoms with E-state index in [9.17, 15) is 9.90 Å². The molecule has 0 aromatic rings. The molecule has 0 bridgehead atoms. The van der Waals surface area contributed by atoms with Crippen LogP contribution in [-0.4, -0.2) is 71.8 Å². The van der Waals surface area contributed by atoms with Crippen molar-refractivity contribution in [2.24, 2.45) is 23.2 Å². The highest BCUT2D eigenvalue weighted by Gasteiger charge is 2.59. The number of rotatable bonds is 3. The molecule has 5 aliphatic rings. The first-order valence-corrected chi connectivity index (χ1v) is 12.5. The Kier molecular flexibility index (Phi) is 5.74. The van der Waals surface area contributed by atoms with Gasteiger partial charge < -0.3 is 9.84 Å². The molecule has 5 nitrogen and oxygen atoms in total. The van der Waals surface area contributed by atoms with E-state index in [2.05, 4.69) is 29.7 Å². The number of nitrogens with zero attached hydrogens (tertiary/aromatic N) is 2. The zero-order valence-electron chi connectivity index (χ0n) is 18.9. The number of carbonyl (C=O) groups is 1. The minimum Gasteiger partial charge on any atom is -0.461 e. The highest BCUT2D eigenvalue weighted by molar-refractivity contribution is 5.76. The van der Waals surface area contributed by atoms with Crippen LogP contribution in [0.2, 0.25) is 0 Å². The maximum absolute atomic E-state index is 12.9. The summed E-state index contributed by atoms with van der Waals surface area (Å²) in [6.45, 7) is 9.55. The van der Waals surface area contributed by atoms with E-state index in [0.29, 0.717) is 5.92 Å². The minimum atomic E-state index is -0.488. The van der Waals surface area contributed by atoms with E-state index in [1.807, 2.05) is 0 Å². The molecule has 5 rings (SSSR count). The SMILES string of the molecule is CC1CCC=C2C[C@H]3OC(=O)C(CN4CCN(C5CCCCC5)CC4)[C@H]3C(O)[C@@]21C. The maximum atomic E-state index is 12.9. The molecule has 0 spiro atoms. The van der Waals surface area contributed by atoms with Crippen LogP contribution in [0.15, 0.2) is 11.6 Å². The summed E-state index contributed by atoms with van der Waals surface area (Å²) >= 11 is 0. The van der Waals surface area contributed by atoms with Gasteiger partial charge in [-0.05, 0) is 31.6 Å². The standard InChI is InChI=1S/C25H40N2O3/c1-17-7-6-8-18-15-21-22(23(28)25(17,18)2)20(24(29)30-21)16-26-11-13-27(14-12-26)19-9-4-3-5-10-19/h8,17,19-23,28H,3-7,9-16H2,1-2H3/t17?,20?,21-,22-,23?,25-/m1/s1. The Bertz CT molecular complexity index is 680. The number of aliphatic hydroxyl groups excluding tert-OH is 1. The molecule has 168 valence electrons. The zero-order valence-corrected chi connectivity index (χ0v) is 18.9. The van der Waals surface area contributed by atoms with Gasteiger partial charge in [-0.25, -0.2) is 0 Å². The molecule has 5 heteroatoms. The van der Waals surface area contributed by atoms with Crippen molar-refractivity contribution in [1.82, 2.24) is 9.80 Å². The van der Waals surface area contributed by atoms with Crippen molar-refractivity contribution < 1.29 is 14.6 Å². The number of ether oxygens (including phenoxy) is 1. The number of hydrogen-bond acceptors (Lipinski definition) is 5. The molecular formula is C25H40N2O3. The predicted molar refractivity (Wildman–Crippen MR) is 117 cm³/mol. The molecule has 2 aliphatic heterocycles. The Morgan fingerprint density at radius 3 is 2.60 bits per heavy atom. The van der Waals surface area contributed by atoms with E-state index < -0.39 is 6.10 Å². The normalized spacial score (nSPS) is 43.6. The fraction of sp³-hybridized carbons (Fsp3) is 0.880. The second-order valence-corrected chi connectivity index (χ2v) is 10.9. The fourth-order valence-electron chi connectivity index (χ4n) is 7.31. The fourth-order valence-corrected chi connectivity index (χ4v) is 7.31. The highest BCUT2D eigenvalue weighted by Crippen LogP contribution is 2.56. The molecular weight excluding hydrogens is 376 g/mol. The molecule has 0 amide bonds. The van der Waals surface area contributed by atoms with Gasteiger partial charge >= 0.3 is 5.97 Å². The monoisotopic (exact) mass is 416 g/mol. The summed E-state index contributed by atoms with van der Waals surface area (Å²) in [7, 11) is 0. The lowest BCUT2D eigenvalue weighted by molar-refractivity contribution is -0.145.